The minimum absolute atomic E-state index is 0.00172. The van der Waals surface area contributed by atoms with Gasteiger partial charge in [-0.25, -0.2) is 0 Å². The molecule has 0 spiro atoms. The first-order chi connectivity index (χ1) is 11.6. The Labute approximate surface area is 165 Å². The molecule has 0 amide bonds. The Morgan fingerprint density at radius 3 is 1.46 bits per heavy atom. The maximum Gasteiger partial charge on any atom is 0.0598 e. The Morgan fingerprint density at radius 2 is 1.12 bits per heavy atom. The second-order valence-electron chi connectivity index (χ2n) is 10.5. The molecule has 0 bridgehead atoms. The van der Waals surface area contributed by atoms with Gasteiger partial charge in [-0.15, -0.1) is 0 Å². The van der Waals surface area contributed by atoms with Crippen LogP contribution in [0.25, 0.3) is 0 Å². The molecule has 0 atom stereocenters. The van der Waals surface area contributed by atoms with Gasteiger partial charge in [0.2, 0.25) is 0 Å². The number of ether oxygens (including phenoxy) is 2. The van der Waals surface area contributed by atoms with Crippen molar-refractivity contribution in [2.75, 3.05) is 32.9 Å². The normalized spacial score (nSPS) is 12.9. The average Bonchev–Trinajstić information content (AvgIpc) is 2.39. The van der Waals surface area contributed by atoms with Crippen molar-refractivity contribution in [2.45, 2.75) is 106 Å². The van der Waals surface area contributed by atoms with E-state index in [9.17, 15) is 0 Å². The Morgan fingerprint density at radius 1 is 0.692 bits per heavy atom. The van der Waals surface area contributed by atoms with Crippen LogP contribution in [0, 0.1) is 5.92 Å². The molecule has 0 aliphatic heterocycles. The summed E-state index contributed by atoms with van der Waals surface area (Å²) in [4.78, 5) is 0. The second kappa shape index (κ2) is 13.9. The van der Waals surface area contributed by atoms with Gasteiger partial charge in [0.1, 0.15) is 0 Å². The van der Waals surface area contributed by atoms with E-state index in [4.69, 9.17) is 9.47 Å². The van der Waals surface area contributed by atoms with E-state index in [1.807, 2.05) is 0 Å². The first-order valence-corrected chi connectivity index (χ1v) is 10.3. The topological polar surface area (TPSA) is 42.5 Å². The van der Waals surface area contributed by atoms with Crippen LogP contribution in [0.5, 0.6) is 0 Å². The summed E-state index contributed by atoms with van der Waals surface area (Å²) in [6.45, 7) is 28.4. The third-order valence-electron chi connectivity index (χ3n) is 3.08. The predicted octanol–water partition coefficient (Wildman–Crippen LogP) is 5.02. The van der Waals surface area contributed by atoms with Gasteiger partial charge < -0.3 is 20.1 Å². The Bertz CT molecular complexity index is 294. The van der Waals surface area contributed by atoms with E-state index in [0.717, 1.165) is 45.8 Å². The Hall–Kier alpha value is -0.160. The van der Waals surface area contributed by atoms with Gasteiger partial charge in [0.25, 0.3) is 0 Å². The maximum absolute atomic E-state index is 5.60. The molecule has 0 radical (unpaired) electrons. The van der Waals surface area contributed by atoms with Crippen molar-refractivity contribution in [1.29, 1.82) is 0 Å². The average molecular weight is 375 g/mol. The molecule has 26 heavy (non-hydrogen) atoms. The molecule has 160 valence electrons. The molecule has 2 N–H and O–H groups in total. The fourth-order valence-electron chi connectivity index (χ4n) is 1.87. The molecule has 0 unspecified atom stereocenters. The molecule has 0 aromatic rings. The van der Waals surface area contributed by atoms with E-state index in [2.05, 4.69) is 86.8 Å². The number of rotatable bonds is 10. The van der Waals surface area contributed by atoms with Gasteiger partial charge >= 0.3 is 0 Å². The zero-order valence-electron chi connectivity index (χ0n) is 19.8. The van der Waals surface area contributed by atoms with Gasteiger partial charge in [-0.1, -0.05) is 13.8 Å². The maximum atomic E-state index is 5.60. The minimum Gasteiger partial charge on any atom is -0.381 e. The van der Waals surface area contributed by atoms with Crippen LogP contribution in [-0.4, -0.2) is 49.6 Å². The van der Waals surface area contributed by atoms with E-state index in [1.165, 1.54) is 0 Å². The van der Waals surface area contributed by atoms with Gasteiger partial charge in [0.05, 0.1) is 5.60 Å². The Balaban J connectivity index is 0. The molecule has 0 aliphatic rings. The number of nitrogens with one attached hydrogen (secondary N) is 2. The monoisotopic (exact) mass is 374 g/mol. The van der Waals surface area contributed by atoms with Crippen LogP contribution in [0.4, 0.5) is 0 Å². The molecule has 0 aromatic heterocycles. The predicted molar refractivity (Wildman–Crippen MR) is 116 cm³/mol. The summed E-state index contributed by atoms with van der Waals surface area (Å²) in [5, 5.41) is 6.86. The van der Waals surface area contributed by atoms with Gasteiger partial charge in [0.15, 0.2) is 0 Å². The SMILES string of the molecule is CC(C)(C)NCCCOC(C)(C)C.CC(C)COCCCNC(C)(C)C. The van der Waals surface area contributed by atoms with Crippen LogP contribution in [-0.2, 0) is 9.47 Å². The lowest BCUT2D eigenvalue weighted by Gasteiger charge is -2.22. The van der Waals surface area contributed by atoms with Crippen LogP contribution in [0.2, 0.25) is 0 Å². The first-order valence-electron chi connectivity index (χ1n) is 10.3. The number of hydrogen-bond donors (Lipinski definition) is 2. The van der Waals surface area contributed by atoms with Gasteiger partial charge in [-0.3, -0.25) is 0 Å². The van der Waals surface area contributed by atoms with E-state index in [1.54, 1.807) is 0 Å². The highest BCUT2D eigenvalue weighted by Gasteiger charge is 2.10. The van der Waals surface area contributed by atoms with Crippen LogP contribution >= 0.6 is 0 Å². The molecule has 0 saturated carbocycles. The van der Waals surface area contributed by atoms with E-state index in [-0.39, 0.29) is 16.7 Å². The van der Waals surface area contributed by atoms with Crippen LogP contribution in [0.3, 0.4) is 0 Å². The largest absolute Gasteiger partial charge is 0.381 e. The van der Waals surface area contributed by atoms with Gasteiger partial charge in [-0.05, 0) is 94.2 Å². The third-order valence-corrected chi connectivity index (χ3v) is 3.08. The van der Waals surface area contributed by atoms with E-state index >= 15 is 0 Å². The van der Waals surface area contributed by atoms with Crippen molar-refractivity contribution in [3.8, 4) is 0 Å². The zero-order chi connectivity index (χ0) is 20.9. The van der Waals surface area contributed by atoms with Gasteiger partial charge in [-0.2, -0.15) is 0 Å². The van der Waals surface area contributed by atoms with Crippen molar-refractivity contribution in [2.24, 2.45) is 5.92 Å². The quantitative estimate of drug-likeness (QED) is 0.527. The molecular weight excluding hydrogens is 324 g/mol. The molecule has 0 rings (SSSR count). The summed E-state index contributed by atoms with van der Waals surface area (Å²) in [5.74, 6) is 0.649. The molecule has 4 heteroatoms. The van der Waals surface area contributed by atoms with E-state index in [0.29, 0.717) is 5.92 Å². The van der Waals surface area contributed by atoms with Crippen molar-refractivity contribution in [3.63, 3.8) is 0 Å². The van der Waals surface area contributed by atoms with E-state index < -0.39 is 0 Å². The molecule has 4 nitrogen and oxygen atoms in total. The molecule has 0 fully saturated rings. The highest BCUT2D eigenvalue weighted by molar-refractivity contribution is 4.70. The lowest BCUT2D eigenvalue weighted by atomic mass is 10.1. The van der Waals surface area contributed by atoms with Crippen molar-refractivity contribution in [3.05, 3.63) is 0 Å². The summed E-state index contributed by atoms with van der Waals surface area (Å²) in [6.07, 6.45) is 2.18. The first kappa shape index (κ1) is 28.1. The summed E-state index contributed by atoms with van der Waals surface area (Å²) in [6, 6.07) is 0. The van der Waals surface area contributed by atoms with Gasteiger partial charge in [0, 0.05) is 30.9 Å². The standard InChI is InChI=1S/2C11H25NO/c1-10(2,3)12-8-7-9-13-11(4,5)6;1-10(2)9-13-8-6-7-12-11(3,4)5/h12H,7-9H2,1-6H3;10,12H,6-9H2,1-5H3. The third kappa shape index (κ3) is 31.6. The molecule has 0 heterocycles. The highest BCUT2D eigenvalue weighted by Crippen LogP contribution is 2.07. The fraction of sp³-hybridized carbons (Fsp3) is 1.00. The molecule has 0 aromatic carbocycles. The minimum atomic E-state index is 0.00172. The van der Waals surface area contributed by atoms with Crippen molar-refractivity contribution >= 4 is 0 Å². The molecule has 0 saturated heterocycles. The number of hydrogen-bond acceptors (Lipinski definition) is 4. The summed E-state index contributed by atoms with van der Waals surface area (Å²) >= 11 is 0. The van der Waals surface area contributed by atoms with Crippen molar-refractivity contribution < 1.29 is 9.47 Å². The van der Waals surface area contributed by atoms with Crippen LogP contribution in [0.1, 0.15) is 89.0 Å². The molecular formula is C22H50N2O2. The van der Waals surface area contributed by atoms with Crippen LogP contribution < -0.4 is 10.6 Å². The smallest absolute Gasteiger partial charge is 0.0598 e. The summed E-state index contributed by atoms with van der Waals surface area (Å²) in [7, 11) is 0. The Kier molecular flexibility index (Phi) is 15.0. The van der Waals surface area contributed by atoms with Crippen LogP contribution in [0.15, 0.2) is 0 Å². The molecule has 0 aliphatic carbocycles. The lowest BCUT2D eigenvalue weighted by Crippen LogP contribution is -2.37. The second-order valence-corrected chi connectivity index (χ2v) is 10.5. The zero-order valence-corrected chi connectivity index (χ0v) is 19.8. The highest BCUT2D eigenvalue weighted by atomic mass is 16.5. The summed E-state index contributed by atoms with van der Waals surface area (Å²) < 4.78 is 11.1. The van der Waals surface area contributed by atoms with Crippen molar-refractivity contribution in [1.82, 2.24) is 10.6 Å². The fourth-order valence-corrected chi connectivity index (χ4v) is 1.87. The summed E-state index contributed by atoms with van der Waals surface area (Å²) in [5.41, 5.74) is 0.460. The lowest BCUT2D eigenvalue weighted by molar-refractivity contribution is -0.00415.